The average Bonchev–Trinajstić information content (AvgIpc) is 2.70. The number of fused-ring (bicyclic) bond motifs is 2. The summed E-state index contributed by atoms with van der Waals surface area (Å²) in [5.74, 6) is 0. The molecule has 2 aliphatic heterocycles. The van der Waals surface area contributed by atoms with E-state index >= 15 is 0 Å². The summed E-state index contributed by atoms with van der Waals surface area (Å²) in [6.07, 6.45) is 0.211. The van der Waals surface area contributed by atoms with Gasteiger partial charge in [-0.3, -0.25) is 9.09 Å². The van der Waals surface area contributed by atoms with Crippen LogP contribution in [0.4, 0.5) is 0 Å². The van der Waals surface area contributed by atoms with Crippen molar-refractivity contribution >= 4 is 15.4 Å². The molecule has 0 amide bonds. The predicted octanol–water partition coefficient (Wildman–Crippen LogP) is 0.114. The zero-order chi connectivity index (χ0) is 12.0. The Morgan fingerprint density at radius 2 is 2.31 bits per heavy atom. The summed E-state index contributed by atoms with van der Waals surface area (Å²) in [5.41, 5.74) is -0.530. The van der Waals surface area contributed by atoms with Crippen LogP contribution in [-0.2, 0) is 18.6 Å². The van der Waals surface area contributed by atoms with Crippen molar-refractivity contribution in [2.75, 3.05) is 12.8 Å². The zero-order valence-electron chi connectivity index (χ0n) is 9.88. The summed E-state index contributed by atoms with van der Waals surface area (Å²) >= 11 is 0. The molecule has 92 valence electrons. The summed E-state index contributed by atoms with van der Waals surface area (Å²) in [7, 11) is -1.59. The van der Waals surface area contributed by atoms with E-state index in [0.717, 1.165) is 6.42 Å². The van der Waals surface area contributed by atoms with Crippen molar-refractivity contribution in [2.45, 2.75) is 44.1 Å². The maximum Gasteiger partial charge on any atom is 0.328 e. The van der Waals surface area contributed by atoms with Crippen molar-refractivity contribution in [3.8, 4) is 0 Å². The van der Waals surface area contributed by atoms with E-state index in [0.29, 0.717) is 6.61 Å². The third kappa shape index (κ3) is 1.87. The van der Waals surface area contributed by atoms with Gasteiger partial charge >= 0.3 is 7.60 Å². The summed E-state index contributed by atoms with van der Waals surface area (Å²) in [5, 5.41) is 0. The van der Waals surface area contributed by atoms with Gasteiger partial charge in [0, 0.05) is 6.16 Å². The molecule has 0 aromatic rings. The Kier molecular flexibility index (Phi) is 3.23. The molecule has 0 aromatic carbocycles. The molecule has 0 spiro atoms. The SMILES string of the molecule is B[C@@H]1O[C@@]2(CC)COC1C2OP(=O)(O)CC. The Morgan fingerprint density at radius 1 is 1.62 bits per heavy atom. The summed E-state index contributed by atoms with van der Waals surface area (Å²) in [6.45, 7) is 4.07. The second-order valence-corrected chi connectivity index (χ2v) is 6.61. The third-order valence-electron chi connectivity index (χ3n) is 3.50. The lowest BCUT2D eigenvalue weighted by Crippen LogP contribution is -2.41. The molecule has 0 aromatic heterocycles. The monoisotopic (exact) mass is 248 g/mol. The quantitative estimate of drug-likeness (QED) is 0.565. The van der Waals surface area contributed by atoms with E-state index in [4.69, 9.17) is 14.0 Å². The number of rotatable bonds is 4. The lowest BCUT2D eigenvalue weighted by molar-refractivity contribution is -0.117. The highest BCUT2D eigenvalue weighted by Gasteiger charge is 2.61. The molecule has 1 N–H and O–H groups in total. The van der Waals surface area contributed by atoms with E-state index in [1.165, 1.54) is 0 Å². The number of hydrogen-bond acceptors (Lipinski definition) is 4. The maximum atomic E-state index is 11.6. The normalized spacial score (nSPS) is 45.8. The second-order valence-electron chi connectivity index (χ2n) is 4.50. The third-order valence-corrected chi connectivity index (χ3v) is 4.85. The van der Waals surface area contributed by atoms with Crippen LogP contribution in [0, 0.1) is 0 Å². The Bertz CT molecular complexity index is 325. The van der Waals surface area contributed by atoms with E-state index in [1.807, 2.05) is 14.8 Å². The van der Waals surface area contributed by atoms with Crippen LogP contribution in [0.15, 0.2) is 0 Å². The lowest BCUT2D eigenvalue weighted by Gasteiger charge is -2.29. The first-order chi connectivity index (χ1) is 7.44. The smallest absolute Gasteiger partial charge is 0.328 e. The molecule has 2 heterocycles. The van der Waals surface area contributed by atoms with E-state index in [1.54, 1.807) is 6.92 Å². The standard InChI is InChI=1S/C9H18BO5P/c1-3-9-5-13-6(8(10)14-9)7(9)15-16(11,12)4-2/h6-8H,3-5,10H2,1-2H3,(H,11,12)/t6?,7?,8-,9+/m1/s1. The Morgan fingerprint density at radius 3 is 2.81 bits per heavy atom. The topological polar surface area (TPSA) is 65.0 Å². The second kappa shape index (κ2) is 4.11. The Labute approximate surface area is 96.4 Å². The van der Waals surface area contributed by atoms with Crippen LogP contribution in [0.25, 0.3) is 0 Å². The van der Waals surface area contributed by atoms with Gasteiger partial charge in [-0.25, -0.2) is 0 Å². The minimum absolute atomic E-state index is 0.0736. The molecule has 2 rings (SSSR count). The zero-order valence-corrected chi connectivity index (χ0v) is 10.8. The van der Waals surface area contributed by atoms with Crippen molar-refractivity contribution in [3.05, 3.63) is 0 Å². The highest BCUT2D eigenvalue weighted by atomic mass is 31.2. The molecule has 0 radical (unpaired) electrons. The van der Waals surface area contributed by atoms with Crippen LogP contribution < -0.4 is 0 Å². The molecule has 2 aliphatic rings. The summed E-state index contributed by atoms with van der Waals surface area (Å²) in [6, 6.07) is -0.0736. The highest BCUT2D eigenvalue weighted by Crippen LogP contribution is 2.52. The van der Waals surface area contributed by atoms with Crippen molar-refractivity contribution in [1.82, 2.24) is 0 Å². The van der Waals surface area contributed by atoms with Crippen LogP contribution in [-0.4, -0.2) is 49.3 Å². The molecule has 2 saturated heterocycles. The van der Waals surface area contributed by atoms with Crippen molar-refractivity contribution < 1.29 is 23.5 Å². The summed E-state index contributed by atoms with van der Waals surface area (Å²) in [4.78, 5) is 9.57. The lowest BCUT2D eigenvalue weighted by atomic mass is 9.91. The van der Waals surface area contributed by atoms with Gasteiger partial charge in [-0.2, -0.15) is 0 Å². The van der Waals surface area contributed by atoms with Gasteiger partial charge < -0.3 is 14.4 Å². The molecule has 0 saturated carbocycles. The molecule has 0 aliphatic carbocycles. The van der Waals surface area contributed by atoms with Gasteiger partial charge in [0.2, 0.25) is 0 Å². The Balaban J connectivity index is 2.18. The molecule has 16 heavy (non-hydrogen) atoms. The molecule has 5 atom stereocenters. The number of hydrogen-bond donors (Lipinski definition) is 1. The van der Waals surface area contributed by atoms with Crippen LogP contribution in [0.2, 0.25) is 0 Å². The highest BCUT2D eigenvalue weighted by molar-refractivity contribution is 7.52. The Hall–Kier alpha value is 0.135. The summed E-state index contributed by atoms with van der Waals surface area (Å²) < 4.78 is 28.4. The predicted molar refractivity (Wildman–Crippen MR) is 61.4 cm³/mol. The van der Waals surface area contributed by atoms with Crippen LogP contribution in [0.5, 0.6) is 0 Å². The molecular formula is C9H18BO5P. The molecule has 7 heteroatoms. The molecule has 2 fully saturated rings. The van der Waals surface area contributed by atoms with Crippen LogP contribution in [0.3, 0.4) is 0 Å². The van der Waals surface area contributed by atoms with Crippen LogP contribution >= 0.6 is 7.60 Å². The average molecular weight is 248 g/mol. The first-order valence-corrected chi connectivity index (χ1v) is 7.50. The van der Waals surface area contributed by atoms with Gasteiger partial charge in [0.1, 0.15) is 25.7 Å². The van der Waals surface area contributed by atoms with E-state index in [-0.39, 0.29) is 18.3 Å². The van der Waals surface area contributed by atoms with Gasteiger partial charge in [0.15, 0.2) is 0 Å². The van der Waals surface area contributed by atoms with E-state index in [9.17, 15) is 9.46 Å². The van der Waals surface area contributed by atoms with Crippen molar-refractivity contribution in [2.24, 2.45) is 0 Å². The molecule has 3 unspecified atom stereocenters. The first kappa shape index (κ1) is 12.6. The van der Waals surface area contributed by atoms with Gasteiger partial charge in [-0.05, 0) is 6.42 Å². The molecule has 2 bridgehead atoms. The minimum Gasteiger partial charge on any atom is -0.373 e. The van der Waals surface area contributed by atoms with Gasteiger partial charge in [-0.15, -0.1) is 0 Å². The van der Waals surface area contributed by atoms with Gasteiger partial charge in [-0.1, -0.05) is 13.8 Å². The van der Waals surface area contributed by atoms with E-state index < -0.39 is 19.3 Å². The largest absolute Gasteiger partial charge is 0.373 e. The number of ether oxygens (including phenoxy) is 2. The van der Waals surface area contributed by atoms with Crippen molar-refractivity contribution in [1.29, 1.82) is 0 Å². The van der Waals surface area contributed by atoms with Crippen molar-refractivity contribution in [3.63, 3.8) is 0 Å². The fraction of sp³-hybridized carbons (Fsp3) is 1.00. The fourth-order valence-electron chi connectivity index (χ4n) is 2.42. The van der Waals surface area contributed by atoms with E-state index in [2.05, 4.69) is 0 Å². The molecular weight excluding hydrogens is 230 g/mol. The minimum atomic E-state index is -3.50. The molecule has 5 nitrogen and oxygen atoms in total. The fourth-order valence-corrected chi connectivity index (χ4v) is 3.24. The maximum absolute atomic E-state index is 11.6. The van der Waals surface area contributed by atoms with Gasteiger partial charge in [0.25, 0.3) is 0 Å². The first-order valence-electron chi connectivity index (χ1n) is 5.74. The van der Waals surface area contributed by atoms with Gasteiger partial charge in [0.05, 0.1) is 12.6 Å². The van der Waals surface area contributed by atoms with Crippen LogP contribution in [0.1, 0.15) is 20.3 Å².